The van der Waals surface area contributed by atoms with Gasteiger partial charge < -0.3 is 4.74 Å². The van der Waals surface area contributed by atoms with E-state index >= 15 is 0 Å². The lowest BCUT2D eigenvalue weighted by molar-refractivity contribution is 0.202. The maximum Gasteiger partial charge on any atom is 0.0502 e. The number of benzene rings is 1. The van der Waals surface area contributed by atoms with Crippen LogP contribution in [0.15, 0.2) is 47.6 Å². The highest BCUT2D eigenvalue weighted by atomic mass is 16.5. The molecule has 114 valence electrons. The minimum atomic E-state index is 0.210. The molecule has 1 heteroatoms. The molecule has 0 saturated carbocycles. The standard InChI is InChI=1S/C20H28O/c1-15-6-8-16(9-7-15)12-17-13-18(10-11-21-5)19(14-17)20(2,3)4/h6-9,13-14,17H,10-12H2,1-5H3. The fourth-order valence-corrected chi connectivity index (χ4v) is 2.99. The summed E-state index contributed by atoms with van der Waals surface area (Å²) >= 11 is 0. The van der Waals surface area contributed by atoms with Crippen molar-refractivity contribution in [3.8, 4) is 0 Å². The highest BCUT2D eigenvalue weighted by molar-refractivity contribution is 5.43. The maximum absolute atomic E-state index is 5.26. The molecule has 2 rings (SSSR count). The van der Waals surface area contributed by atoms with Gasteiger partial charge in [-0.05, 0) is 47.8 Å². The van der Waals surface area contributed by atoms with Gasteiger partial charge in [-0.2, -0.15) is 0 Å². The first-order chi connectivity index (χ1) is 9.90. The van der Waals surface area contributed by atoms with E-state index in [9.17, 15) is 0 Å². The molecule has 0 radical (unpaired) electrons. The Hall–Kier alpha value is -1.34. The van der Waals surface area contributed by atoms with Crippen molar-refractivity contribution in [3.63, 3.8) is 0 Å². The molecule has 1 aliphatic carbocycles. The summed E-state index contributed by atoms with van der Waals surface area (Å²) in [5, 5.41) is 0. The zero-order chi connectivity index (χ0) is 15.5. The van der Waals surface area contributed by atoms with Crippen LogP contribution in [0.4, 0.5) is 0 Å². The van der Waals surface area contributed by atoms with Crippen molar-refractivity contribution < 1.29 is 4.74 Å². The molecule has 0 aromatic heterocycles. The van der Waals surface area contributed by atoms with Crippen molar-refractivity contribution >= 4 is 0 Å². The monoisotopic (exact) mass is 284 g/mol. The van der Waals surface area contributed by atoms with Gasteiger partial charge in [0.1, 0.15) is 0 Å². The molecule has 0 bridgehead atoms. The molecule has 1 aliphatic rings. The van der Waals surface area contributed by atoms with Crippen LogP contribution in [0.1, 0.15) is 38.3 Å². The summed E-state index contributed by atoms with van der Waals surface area (Å²) in [5.41, 5.74) is 5.92. The molecule has 1 unspecified atom stereocenters. The molecule has 21 heavy (non-hydrogen) atoms. The Morgan fingerprint density at radius 3 is 2.29 bits per heavy atom. The van der Waals surface area contributed by atoms with Gasteiger partial charge >= 0.3 is 0 Å². The van der Waals surface area contributed by atoms with Crippen LogP contribution >= 0.6 is 0 Å². The molecule has 1 aromatic rings. The molecule has 0 saturated heterocycles. The van der Waals surface area contributed by atoms with E-state index in [0.29, 0.717) is 5.92 Å². The molecule has 0 amide bonds. The van der Waals surface area contributed by atoms with Gasteiger partial charge in [0.25, 0.3) is 0 Å². The van der Waals surface area contributed by atoms with E-state index < -0.39 is 0 Å². The fourth-order valence-electron chi connectivity index (χ4n) is 2.99. The number of hydrogen-bond donors (Lipinski definition) is 0. The highest BCUT2D eigenvalue weighted by Gasteiger charge is 2.26. The quantitative estimate of drug-likeness (QED) is 0.730. The topological polar surface area (TPSA) is 9.23 Å². The SMILES string of the molecule is COCCC1=CC(Cc2ccc(C)cc2)C=C1C(C)(C)C. The Labute approximate surface area is 129 Å². The van der Waals surface area contributed by atoms with Crippen molar-refractivity contribution in [1.82, 2.24) is 0 Å². The smallest absolute Gasteiger partial charge is 0.0502 e. The van der Waals surface area contributed by atoms with E-state index in [0.717, 1.165) is 19.4 Å². The van der Waals surface area contributed by atoms with Crippen LogP contribution in [0.5, 0.6) is 0 Å². The molecular formula is C20H28O. The van der Waals surface area contributed by atoms with Gasteiger partial charge in [0.2, 0.25) is 0 Å². The number of methoxy groups -OCH3 is 1. The third-order valence-electron chi connectivity index (χ3n) is 4.12. The van der Waals surface area contributed by atoms with E-state index in [4.69, 9.17) is 4.74 Å². The Balaban J connectivity index is 2.15. The van der Waals surface area contributed by atoms with Crippen molar-refractivity contribution in [1.29, 1.82) is 0 Å². The molecule has 1 nitrogen and oxygen atoms in total. The van der Waals surface area contributed by atoms with Gasteiger partial charge in [-0.15, -0.1) is 0 Å². The van der Waals surface area contributed by atoms with Crippen molar-refractivity contribution in [2.45, 2.75) is 40.5 Å². The van der Waals surface area contributed by atoms with Crippen LogP contribution < -0.4 is 0 Å². The Morgan fingerprint density at radius 1 is 1.05 bits per heavy atom. The first-order valence-corrected chi connectivity index (χ1v) is 7.88. The average Bonchev–Trinajstić information content (AvgIpc) is 2.82. The van der Waals surface area contributed by atoms with Crippen molar-refractivity contribution in [2.24, 2.45) is 11.3 Å². The first-order valence-electron chi connectivity index (χ1n) is 7.88. The van der Waals surface area contributed by atoms with Gasteiger partial charge in [-0.25, -0.2) is 0 Å². The first kappa shape index (κ1) is 16.0. The van der Waals surface area contributed by atoms with E-state index in [2.05, 4.69) is 64.1 Å². The summed E-state index contributed by atoms with van der Waals surface area (Å²) in [6, 6.07) is 8.91. The molecule has 1 atom stereocenters. The predicted octanol–water partition coefficient (Wildman–Crippen LogP) is 5.10. The largest absolute Gasteiger partial charge is 0.384 e. The summed E-state index contributed by atoms with van der Waals surface area (Å²) in [5.74, 6) is 0.522. The second kappa shape index (κ2) is 6.62. The zero-order valence-electron chi connectivity index (χ0n) is 14.1. The molecule has 0 spiro atoms. The molecular weight excluding hydrogens is 256 g/mol. The van der Waals surface area contributed by atoms with E-state index in [1.54, 1.807) is 7.11 Å². The fraction of sp³-hybridized carbons (Fsp3) is 0.500. The second-order valence-corrected chi connectivity index (χ2v) is 7.12. The van der Waals surface area contributed by atoms with Gasteiger partial charge in [0.15, 0.2) is 0 Å². The van der Waals surface area contributed by atoms with E-state index in [1.165, 1.54) is 22.3 Å². The normalized spacial score (nSPS) is 18.6. The predicted molar refractivity (Wildman–Crippen MR) is 90.5 cm³/mol. The van der Waals surface area contributed by atoms with Crippen LogP contribution in [-0.4, -0.2) is 13.7 Å². The second-order valence-electron chi connectivity index (χ2n) is 7.12. The van der Waals surface area contributed by atoms with Crippen LogP contribution in [0.3, 0.4) is 0 Å². The molecule has 0 fully saturated rings. The lowest BCUT2D eigenvalue weighted by Crippen LogP contribution is -2.11. The summed E-state index contributed by atoms with van der Waals surface area (Å²) < 4.78 is 5.26. The van der Waals surface area contributed by atoms with E-state index in [-0.39, 0.29) is 5.41 Å². The zero-order valence-corrected chi connectivity index (χ0v) is 14.1. The highest BCUT2D eigenvalue weighted by Crippen LogP contribution is 2.39. The Morgan fingerprint density at radius 2 is 1.71 bits per heavy atom. The number of hydrogen-bond acceptors (Lipinski definition) is 1. The minimum Gasteiger partial charge on any atom is -0.384 e. The van der Waals surface area contributed by atoms with Crippen molar-refractivity contribution in [3.05, 3.63) is 58.7 Å². The average molecular weight is 284 g/mol. The Bertz CT molecular complexity index is 526. The summed E-state index contributed by atoms with van der Waals surface area (Å²) in [4.78, 5) is 0. The van der Waals surface area contributed by atoms with Crippen LogP contribution in [0.25, 0.3) is 0 Å². The van der Waals surface area contributed by atoms with Crippen molar-refractivity contribution in [2.75, 3.05) is 13.7 Å². The number of ether oxygens (including phenoxy) is 1. The third kappa shape index (κ3) is 4.31. The maximum atomic E-state index is 5.26. The molecule has 1 aromatic carbocycles. The number of aryl methyl sites for hydroxylation is 1. The Kier molecular flexibility index (Phi) is 5.05. The van der Waals surface area contributed by atoms with Gasteiger partial charge in [-0.3, -0.25) is 0 Å². The summed E-state index contributed by atoms with van der Waals surface area (Å²) in [6.07, 6.45) is 7.02. The van der Waals surface area contributed by atoms with Gasteiger partial charge in [0.05, 0.1) is 6.61 Å². The van der Waals surface area contributed by atoms with Crippen LogP contribution in [-0.2, 0) is 11.2 Å². The third-order valence-corrected chi connectivity index (χ3v) is 4.12. The molecule has 0 heterocycles. The lowest BCUT2D eigenvalue weighted by atomic mass is 9.82. The van der Waals surface area contributed by atoms with E-state index in [1.807, 2.05) is 0 Å². The minimum absolute atomic E-state index is 0.210. The van der Waals surface area contributed by atoms with Gasteiger partial charge in [0, 0.05) is 7.11 Å². The summed E-state index contributed by atoms with van der Waals surface area (Å²) in [7, 11) is 1.78. The van der Waals surface area contributed by atoms with Gasteiger partial charge in [-0.1, -0.05) is 62.8 Å². The number of allylic oxidation sites excluding steroid dienone is 3. The number of rotatable bonds is 5. The molecule has 0 N–H and O–H groups in total. The van der Waals surface area contributed by atoms with Crippen LogP contribution in [0, 0.1) is 18.3 Å². The molecule has 0 aliphatic heterocycles. The summed E-state index contributed by atoms with van der Waals surface area (Å²) in [6.45, 7) is 9.84. The van der Waals surface area contributed by atoms with Crippen LogP contribution in [0.2, 0.25) is 0 Å². The lowest BCUT2D eigenvalue weighted by Gasteiger charge is -2.23.